The summed E-state index contributed by atoms with van der Waals surface area (Å²) in [5, 5.41) is 0. The van der Waals surface area contributed by atoms with Crippen LogP contribution < -0.4 is 9.47 Å². The Balaban J connectivity index is 2.51. The number of hydrogen-bond donors (Lipinski definition) is 0. The van der Waals surface area contributed by atoms with Crippen LogP contribution in [0.5, 0.6) is 11.5 Å². The molecule has 1 aromatic carbocycles. The van der Waals surface area contributed by atoms with Gasteiger partial charge in [0.15, 0.2) is 11.5 Å². The first kappa shape index (κ1) is 16.8. The molecule has 0 aliphatic heterocycles. The van der Waals surface area contributed by atoms with Gasteiger partial charge in [0.1, 0.15) is 5.78 Å². The fraction of sp³-hybridized carbons (Fsp3) is 0.611. The first-order chi connectivity index (χ1) is 10.5. The zero-order chi connectivity index (χ0) is 16.2. The third-order valence-corrected chi connectivity index (χ3v) is 4.70. The number of nitrogens with zero attached hydrogens (tertiary/aromatic N) is 1. The van der Waals surface area contributed by atoms with E-state index in [9.17, 15) is 4.79 Å². The number of carbonyl (C=O) groups is 1. The van der Waals surface area contributed by atoms with Crippen LogP contribution in [0.1, 0.15) is 37.7 Å². The van der Waals surface area contributed by atoms with Crippen molar-refractivity contribution >= 4 is 5.78 Å². The van der Waals surface area contributed by atoms with Crippen LogP contribution in [0.15, 0.2) is 18.2 Å². The molecule has 4 nitrogen and oxygen atoms in total. The molecule has 0 spiro atoms. The number of para-hydroxylation sites is 1. The SMILES string of the molecule is COc1cccc(C2(CCN(C)C)CCCCC2=O)c1OC. The van der Waals surface area contributed by atoms with Crippen LogP contribution in [-0.4, -0.2) is 45.5 Å². The molecule has 1 aliphatic rings. The van der Waals surface area contributed by atoms with Gasteiger partial charge in [-0.15, -0.1) is 0 Å². The molecule has 0 N–H and O–H groups in total. The Morgan fingerprint density at radius 2 is 1.95 bits per heavy atom. The topological polar surface area (TPSA) is 38.8 Å². The lowest BCUT2D eigenvalue weighted by Crippen LogP contribution is -2.41. The van der Waals surface area contributed by atoms with E-state index < -0.39 is 5.41 Å². The third-order valence-electron chi connectivity index (χ3n) is 4.70. The van der Waals surface area contributed by atoms with Crippen molar-refractivity contribution in [2.45, 2.75) is 37.5 Å². The summed E-state index contributed by atoms with van der Waals surface area (Å²) in [6.07, 6.45) is 4.45. The molecule has 0 aromatic heterocycles. The summed E-state index contributed by atoms with van der Waals surface area (Å²) in [5.41, 5.74) is 0.545. The van der Waals surface area contributed by atoms with Crippen LogP contribution >= 0.6 is 0 Å². The van der Waals surface area contributed by atoms with Crippen LogP contribution in [0.4, 0.5) is 0 Å². The number of hydrogen-bond acceptors (Lipinski definition) is 4. The number of rotatable bonds is 6. The summed E-state index contributed by atoms with van der Waals surface area (Å²) in [6.45, 7) is 0.881. The van der Waals surface area contributed by atoms with Crippen molar-refractivity contribution in [2.75, 3.05) is 34.9 Å². The molecule has 2 rings (SSSR count). The molecule has 1 fully saturated rings. The second-order valence-electron chi connectivity index (χ2n) is 6.31. The highest BCUT2D eigenvalue weighted by molar-refractivity contribution is 5.92. The van der Waals surface area contributed by atoms with Gasteiger partial charge in [-0.3, -0.25) is 4.79 Å². The second kappa shape index (κ2) is 7.14. The lowest BCUT2D eigenvalue weighted by molar-refractivity contribution is -0.127. The van der Waals surface area contributed by atoms with E-state index in [1.165, 1.54) is 0 Å². The minimum atomic E-state index is -0.442. The van der Waals surface area contributed by atoms with E-state index in [2.05, 4.69) is 4.90 Å². The number of benzene rings is 1. The van der Waals surface area contributed by atoms with Crippen molar-refractivity contribution in [1.29, 1.82) is 0 Å². The van der Waals surface area contributed by atoms with Gasteiger partial charge in [0.2, 0.25) is 0 Å². The van der Waals surface area contributed by atoms with Gasteiger partial charge < -0.3 is 14.4 Å². The first-order valence-corrected chi connectivity index (χ1v) is 7.94. The molecule has 0 bridgehead atoms. The average molecular weight is 305 g/mol. The van der Waals surface area contributed by atoms with Crippen molar-refractivity contribution in [3.8, 4) is 11.5 Å². The van der Waals surface area contributed by atoms with Gasteiger partial charge in [-0.1, -0.05) is 18.6 Å². The molecule has 1 aromatic rings. The Hall–Kier alpha value is -1.55. The normalized spacial score (nSPS) is 22.0. The molecule has 0 saturated heterocycles. The molecular weight excluding hydrogens is 278 g/mol. The fourth-order valence-corrected chi connectivity index (χ4v) is 3.45. The number of methoxy groups -OCH3 is 2. The van der Waals surface area contributed by atoms with Crippen LogP contribution in [0.25, 0.3) is 0 Å². The fourth-order valence-electron chi connectivity index (χ4n) is 3.45. The maximum absolute atomic E-state index is 12.9. The van der Waals surface area contributed by atoms with Gasteiger partial charge in [0.25, 0.3) is 0 Å². The lowest BCUT2D eigenvalue weighted by atomic mass is 9.66. The Kier molecular flexibility index (Phi) is 5.46. The highest BCUT2D eigenvalue weighted by Gasteiger charge is 2.43. The highest BCUT2D eigenvalue weighted by Crippen LogP contribution is 2.46. The van der Waals surface area contributed by atoms with Gasteiger partial charge in [0.05, 0.1) is 19.6 Å². The molecule has 0 radical (unpaired) electrons. The lowest BCUT2D eigenvalue weighted by Gasteiger charge is -2.38. The second-order valence-corrected chi connectivity index (χ2v) is 6.31. The maximum Gasteiger partial charge on any atom is 0.164 e. The predicted octanol–water partition coefficient (Wildman–Crippen LogP) is 3.04. The Bertz CT molecular complexity index is 527. The molecular formula is C18H27NO3. The van der Waals surface area contributed by atoms with E-state index >= 15 is 0 Å². The summed E-state index contributed by atoms with van der Waals surface area (Å²) in [4.78, 5) is 15.0. The van der Waals surface area contributed by atoms with Crippen LogP contribution in [0.2, 0.25) is 0 Å². The van der Waals surface area contributed by atoms with Gasteiger partial charge in [-0.05, 0) is 46.0 Å². The summed E-state index contributed by atoms with van der Waals surface area (Å²) < 4.78 is 11.0. The average Bonchev–Trinajstić information content (AvgIpc) is 2.53. The monoisotopic (exact) mass is 305 g/mol. The van der Waals surface area contributed by atoms with E-state index in [0.29, 0.717) is 23.7 Å². The van der Waals surface area contributed by atoms with Crippen molar-refractivity contribution in [3.63, 3.8) is 0 Å². The molecule has 122 valence electrons. The molecule has 0 amide bonds. The zero-order valence-electron chi connectivity index (χ0n) is 14.1. The summed E-state index contributed by atoms with van der Waals surface area (Å²) in [6, 6.07) is 5.87. The molecule has 4 heteroatoms. The smallest absolute Gasteiger partial charge is 0.164 e. The minimum Gasteiger partial charge on any atom is -0.493 e. The summed E-state index contributed by atoms with van der Waals surface area (Å²) >= 11 is 0. The first-order valence-electron chi connectivity index (χ1n) is 7.94. The van der Waals surface area contributed by atoms with Gasteiger partial charge in [0, 0.05) is 12.0 Å². The van der Waals surface area contributed by atoms with E-state index in [4.69, 9.17) is 9.47 Å². The van der Waals surface area contributed by atoms with E-state index in [-0.39, 0.29) is 0 Å². The van der Waals surface area contributed by atoms with E-state index in [1.54, 1.807) is 14.2 Å². The molecule has 1 atom stereocenters. The Morgan fingerprint density at radius 3 is 2.55 bits per heavy atom. The number of ether oxygens (including phenoxy) is 2. The zero-order valence-corrected chi connectivity index (χ0v) is 14.1. The van der Waals surface area contributed by atoms with Crippen molar-refractivity contribution in [3.05, 3.63) is 23.8 Å². The maximum atomic E-state index is 12.9. The summed E-state index contributed by atoms with van der Waals surface area (Å²) in [7, 11) is 7.37. The van der Waals surface area contributed by atoms with Crippen LogP contribution in [0.3, 0.4) is 0 Å². The van der Waals surface area contributed by atoms with Crippen molar-refractivity contribution < 1.29 is 14.3 Å². The molecule has 22 heavy (non-hydrogen) atoms. The highest BCUT2D eigenvalue weighted by atomic mass is 16.5. The van der Waals surface area contributed by atoms with Crippen LogP contribution in [-0.2, 0) is 10.2 Å². The van der Waals surface area contributed by atoms with Gasteiger partial charge in [-0.25, -0.2) is 0 Å². The van der Waals surface area contributed by atoms with Gasteiger partial charge >= 0.3 is 0 Å². The van der Waals surface area contributed by atoms with Crippen molar-refractivity contribution in [1.82, 2.24) is 4.90 Å². The summed E-state index contributed by atoms with van der Waals surface area (Å²) in [5.74, 6) is 1.74. The number of ketones is 1. The Labute approximate surface area is 133 Å². The Morgan fingerprint density at radius 1 is 1.18 bits per heavy atom. The largest absolute Gasteiger partial charge is 0.493 e. The quantitative estimate of drug-likeness (QED) is 0.810. The predicted molar refractivity (Wildman–Crippen MR) is 87.9 cm³/mol. The van der Waals surface area contributed by atoms with Gasteiger partial charge in [-0.2, -0.15) is 0 Å². The standard InChI is InChI=1S/C18H27NO3/c1-19(2)13-12-18(11-6-5-10-16(18)20)14-8-7-9-15(21-3)17(14)22-4/h7-9H,5-6,10-13H2,1-4H3. The number of Topliss-reactive ketones (excluding diaryl/α,β-unsaturated/α-hetero) is 1. The molecule has 1 saturated carbocycles. The molecule has 1 unspecified atom stereocenters. The van der Waals surface area contributed by atoms with E-state index in [1.807, 2.05) is 32.3 Å². The third kappa shape index (κ3) is 3.12. The van der Waals surface area contributed by atoms with E-state index in [0.717, 1.165) is 37.8 Å². The number of carbonyl (C=O) groups excluding carboxylic acids is 1. The van der Waals surface area contributed by atoms with Crippen LogP contribution in [0, 0.1) is 0 Å². The molecule has 0 heterocycles. The molecule has 1 aliphatic carbocycles. The minimum absolute atomic E-state index is 0.340. The van der Waals surface area contributed by atoms with Crippen molar-refractivity contribution in [2.24, 2.45) is 0 Å².